The molecule has 0 radical (unpaired) electrons. The zero-order valence-electron chi connectivity index (χ0n) is 9.61. The normalized spacial score (nSPS) is 17.4. The van der Waals surface area contributed by atoms with Gasteiger partial charge < -0.3 is 5.32 Å². The molecule has 1 aromatic rings. The molecule has 0 aliphatic heterocycles. The van der Waals surface area contributed by atoms with Crippen LogP contribution >= 0.6 is 15.9 Å². The van der Waals surface area contributed by atoms with Crippen LogP contribution in [0.25, 0.3) is 0 Å². The van der Waals surface area contributed by atoms with Crippen molar-refractivity contribution in [3.05, 3.63) is 33.8 Å². The van der Waals surface area contributed by atoms with Gasteiger partial charge in [-0.2, -0.15) is 0 Å². The molecular formula is C13H16BrF2N. The van der Waals surface area contributed by atoms with Gasteiger partial charge >= 0.3 is 0 Å². The van der Waals surface area contributed by atoms with Crippen LogP contribution in [-0.4, -0.2) is 6.04 Å². The highest BCUT2D eigenvalue weighted by Gasteiger charge is 2.15. The first-order valence-corrected chi connectivity index (χ1v) is 6.83. The van der Waals surface area contributed by atoms with Gasteiger partial charge in [-0.3, -0.25) is 0 Å². The van der Waals surface area contributed by atoms with Gasteiger partial charge in [0.05, 0.1) is 0 Å². The van der Waals surface area contributed by atoms with E-state index >= 15 is 0 Å². The third-order valence-electron chi connectivity index (χ3n) is 3.28. The van der Waals surface area contributed by atoms with E-state index in [0.717, 1.165) is 12.8 Å². The first-order valence-electron chi connectivity index (χ1n) is 6.03. The fourth-order valence-electron chi connectivity index (χ4n) is 2.29. The number of rotatable bonds is 3. The van der Waals surface area contributed by atoms with Gasteiger partial charge in [-0.1, -0.05) is 35.2 Å². The van der Waals surface area contributed by atoms with E-state index in [4.69, 9.17) is 0 Å². The maximum atomic E-state index is 13.6. The largest absolute Gasteiger partial charge is 0.310 e. The van der Waals surface area contributed by atoms with Crippen LogP contribution in [-0.2, 0) is 6.54 Å². The highest BCUT2D eigenvalue weighted by Crippen LogP contribution is 2.21. The van der Waals surface area contributed by atoms with Gasteiger partial charge in [-0.05, 0) is 25.0 Å². The first-order chi connectivity index (χ1) is 8.16. The summed E-state index contributed by atoms with van der Waals surface area (Å²) < 4.78 is 27.5. The molecular weight excluding hydrogens is 288 g/mol. The second-order valence-electron chi connectivity index (χ2n) is 4.56. The smallest absolute Gasteiger partial charge is 0.131 e. The molecule has 1 saturated carbocycles. The molecule has 0 aromatic heterocycles. The summed E-state index contributed by atoms with van der Waals surface area (Å²) in [5.41, 5.74) is 0.138. The van der Waals surface area contributed by atoms with Crippen molar-refractivity contribution in [3.63, 3.8) is 0 Å². The minimum atomic E-state index is -0.486. The van der Waals surface area contributed by atoms with Crippen molar-refractivity contribution in [3.8, 4) is 0 Å². The van der Waals surface area contributed by atoms with Gasteiger partial charge in [0.1, 0.15) is 11.6 Å². The van der Waals surface area contributed by atoms with Gasteiger partial charge in [-0.25, -0.2) is 8.78 Å². The van der Waals surface area contributed by atoms with E-state index in [9.17, 15) is 8.78 Å². The Balaban J connectivity index is 1.98. The van der Waals surface area contributed by atoms with Crippen molar-refractivity contribution >= 4 is 15.9 Å². The Hall–Kier alpha value is -0.480. The summed E-state index contributed by atoms with van der Waals surface area (Å²) in [5, 5.41) is 3.24. The van der Waals surface area contributed by atoms with E-state index in [-0.39, 0.29) is 12.1 Å². The topological polar surface area (TPSA) is 12.0 Å². The summed E-state index contributed by atoms with van der Waals surface area (Å²) in [5.74, 6) is -0.972. The van der Waals surface area contributed by atoms with Crippen LogP contribution in [0.3, 0.4) is 0 Å². The third-order valence-corrected chi connectivity index (χ3v) is 3.74. The monoisotopic (exact) mass is 303 g/mol. The molecule has 4 heteroatoms. The SMILES string of the molecule is Fc1cc(Br)cc(F)c1CNC1CCCCC1. The zero-order chi connectivity index (χ0) is 12.3. The molecule has 0 saturated heterocycles. The Morgan fingerprint density at radius 1 is 1.12 bits per heavy atom. The lowest BCUT2D eigenvalue weighted by Gasteiger charge is -2.23. The average Bonchev–Trinajstić information content (AvgIpc) is 2.29. The number of benzene rings is 1. The summed E-state index contributed by atoms with van der Waals surface area (Å²) >= 11 is 3.07. The second-order valence-corrected chi connectivity index (χ2v) is 5.48. The molecule has 0 atom stereocenters. The molecule has 17 heavy (non-hydrogen) atoms. The number of halogens is 3. The molecule has 0 heterocycles. The maximum Gasteiger partial charge on any atom is 0.131 e. The summed E-state index contributed by atoms with van der Waals surface area (Å²) in [6, 6.07) is 3.02. The Morgan fingerprint density at radius 3 is 2.29 bits per heavy atom. The second kappa shape index (κ2) is 5.91. The fourth-order valence-corrected chi connectivity index (χ4v) is 2.70. The van der Waals surface area contributed by atoms with Gasteiger partial charge in [0.15, 0.2) is 0 Å². The van der Waals surface area contributed by atoms with Crippen molar-refractivity contribution in [1.29, 1.82) is 0 Å². The van der Waals surface area contributed by atoms with Crippen LogP contribution in [0.2, 0.25) is 0 Å². The van der Waals surface area contributed by atoms with Gasteiger partial charge in [0.25, 0.3) is 0 Å². The summed E-state index contributed by atoms with van der Waals surface area (Å²) in [7, 11) is 0. The zero-order valence-corrected chi connectivity index (χ0v) is 11.2. The van der Waals surface area contributed by atoms with E-state index in [2.05, 4.69) is 21.2 Å². The van der Waals surface area contributed by atoms with E-state index < -0.39 is 11.6 Å². The molecule has 1 aliphatic rings. The Kier molecular flexibility index (Phi) is 4.51. The van der Waals surface area contributed by atoms with Crippen LogP contribution in [0.5, 0.6) is 0 Å². The van der Waals surface area contributed by atoms with Crippen LogP contribution in [0.1, 0.15) is 37.7 Å². The predicted molar refractivity (Wildman–Crippen MR) is 67.8 cm³/mol. The Morgan fingerprint density at radius 2 is 1.71 bits per heavy atom. The minimum absolute atomic E-state index is 0.138. The Labute approximate surface area is 109 Å². The third kappa shape index (κ3) is 3.49. The van der Waals surface area contributed by atoms with E-state index in [1.54, 1.807) is 0 Å². The number of hydrogen-bond donors (Lipinski definition) is 1. The van der Waals surface area contributed by atoms with Crippen LogP contribution in [0, 0.1) is 11.6 Å². The molecule has 1 fully saturated rings. The quantitative estimate of drug-likeness (QED) is 0.884. The maximum absolute atomic E-state index is 13.6. The molecule has 0 unspecified atom stereocenters. The summed E-state index contributed by atoms with van der Waals surface area (Å²) in [6.07, 6.45) is 5.92. The van der Waals surface area contributed by atoms with Gasteiger partial charge in [0, 0.05) is 22.6 Å². The Bertz CT molecular complexity index is 366. The number of hydrogen-bond acceptors (Lipinski definition) is 1. The molecule has 1 nitrogen and oxygen atoms in total. The molecule has 1 N–H and O–H groups in total. The molecule has 1 aromatic carbocycles. The molecule has 1 aliphatic carbocycles. The lowest BCUT2D eigenvalue weighted by atomic mass is 9.95. The van der Waals surface area contributed by atoms with Crippen LogP contribution < -0.4 is 5.32 Å². The van der Waals surface area contributed by atoms with Crippen LogP contribution in [0.4, 0.5) is 8.78 Å². The molecule has 94 valence electrons. The molecule has 0 spiro atoms. The van der Waals surface area contributed by atoms with E-state index in [1.165, 1.54) is 31.4 Å². The molecule has 0 amide bonds. The van der Waals surface area contributed by atoms with Crippen molar-refractivity contribution in [2.24, 2.45) is 0 Å². The molecule has 2 rings (SSSR count). The van der Waals surface area contributed by atoms with E-state index in [0.29, 0.717) is 10.5 Å². The summed E-state index contributed by atoms with van der Waals surface area (Å²) in [4.78, 5) is 0. The van der Waals surface area contributed by atoms with Crippen molar-refractivity contribution in [2.45, 2.75) is 44.7 Å². The fraction of sp³-hybridized carbons (Fsp3) is 0.538. The predicted octanol–water partition coefficient (Wildman–Crippen LogP) is 4.15. The van der Waals surface area contributed by atoms with Crippen molar-refractivity contribution in [1.82, 2.24) is 5.32 Å². The van der Waals surface area contributed by atoms with Crippen molar-refractivity contribution in [2.75, 3.05) is 0 Å². The van der Waals surface area contributed by atoms with E-state index in [1.807, 2.05) is 0 Å². The van der Waals surface area contributed by atoms with Crippen molar-refractivity contribution < 1.29 is 8.78 Å². The summed E-state index contributed by atoms with van der Waals surface area (Å²) in [6.45, 7) is 0.273. The van der Waals surface area contributed by atoms with Crippen LogP contribution in [0.15, 0.2) is 16.6 Å². The highest BCUT2D eigenvalue weighted by atomic mass is 79.9. The standard InChI is InChI=1S/C13H16BrF2N/c14-9-6-12(15)11(13(16)7-9)8-17-10-4-2-1-3-5-10/h6-7,10,17H,1-5,8H2. The average molecular weight is 304 g/mol. The molecule has 0 bridgehead atoms. The number of nitrogens with one attached hydrogen (secondary N) is 1. The lowest BCUT2D eigenvalue weighted by molar-refractivity contribution is 0.367. The van der Waals surface area contributed by atoms with Gasteiger partial charge in [0.2, 0.25) is 0 Å². The van der Waals surface area contributed by atoms with Gasteiger partial charge in [-0.15, -0.1) is 0 Å². The lowest BCUT2D eigenvalue weighted by Crippen LogP contribution is -2.31. The minimum Gasteiger partial charge on any atom is -0.310 e. The first kappa shape index (κ1) is 13.0. The highest BCUT2D eigenvalue weighted by molar-refractivity contribution is 9.10.